The Bertz CT molecular complexity index is 385. The molecule has 1 N–H and O–H groups in total. The van der Waals surface area contributed by atoms with Crippen LogP contribution < -0.4 is 9.47 Å². The summed E-state index contributed by atoms with van der Waals surface area (Å²) >= 11 is 0. The summed E-state index contributed by atoms with van der Waals surface area (Å²) in [7, 11) is 1.60. The topological polar surface area (TPSA) is 55.8 Å². The Kier molecular flexibility index (Phi) is 5.01. The van der Waals surface area contributed by atoms with Crippen molar-refractivity contribution >= 4 is 5.97 Å². The number of hydrogen-bond donors (Lipinski definition) is 1. The van der Waals surface area contributed by atoms with Gasteiger partial charge in [-0.25, -0.2) is 0 Å². The van der Waals surface area contributed by atoms with Gasteiger partial charge in [0.05, 0.1) is 13.5 Å². The largest absolute Gasteiger partial charge is 0.497 e. The van der Waals surface area contributed by atoms with Gasteiger partial charge in [0, 0.05) is 0 Å². The van der Waals surface area contributed by atoms with Gasteiger partial charge in [-0.1, -0.05) is 13.3 Å². The molecule has 4 heteroatoms. The van der Waals surface area contributed by atoms with Crippen molar-refractivity contribution in [1.82, 2.24) is 0 Å². The molecule has 1 unspecified atom stereocenters. The van der Waals surface area contributed by atoms with E-state index in [-0.39, 0.29) is 6.42 Å². The maximum absolute atomic E-state index is 10.9. The molecule has 0 heterocycles. The lowest BCUT2D eigenvalue weighted by Crippen LogP contribution is -2.35. The van der Waals surface area contributed by atoms with Crippen LogP contribution in [-0.4, -0.2) is 23.8 Å². The van der Waals surface area contributed by atoms with Gasteiger partial charge in [0.25, 0.3) is 0 Å². The first-order valence-corrected chi connectivity index (χ1v) is 6.04. The molecule has 0 aliphatic heterocycles. The van der Waals surface area contributed by atoms with Crippen LogP contribution in [0.5, 0.6) is 11.5 Å². The number of carboxylic acids is 1. The summed E-state index contributed by atoms with van der Waals surface area (Å²) in [5, 5.41) is 8.94. The zero-order chi connectivity index (χ0) is 13.6. The second kappa shape index (κ2) is 6.28. The fraction of sp³-hybridized carbons (Fsp3) is 0.500. The molecule has 1 aromatic rings. The fourth-order valence-corrected chi connectivity index (χ4v) is 1.95. The highest BCUT2D eigenvalue weighted by atomic mass is 16.5. The molecule has 4 nitrogen and oxygen atoms in total. The zero-order valence-electron chi connectivity index (χ0n) is 11.1. The Labute approximate surface area is 108 Å². The number of methoxy groups -OCH3 is 1. The first-order chi connectivity index (χ1) is 8.49. The van der Waals surface area contributed by atoms with Crippen molar-refractivity contribution in [3.8, 4) is 11.5 Å². The highest BCUT2D eigenvalue weighted by Crippen LogP contribution is 2.27. The third-order valence-electron chi connectivity index (χ3n) is 2.73. The third-order valence-corrected chi connectivity index (χ3v) is 2.73. The van der Waals surface area contributed by atoms with Gasteiger partial charge in [0.15, 0.2) is 0 Å². The zero-order valence-corrected chi connectivity index (χ0v) is 11.1. The minimum atomic E-state index is -0.848. The molecule has 0 aliphatic rings. The second-order valence-electron chi connectivity index (χ2n) is 4.55. The van der Waals surface area contributed by atoms with Gasteiger partial charge in [-0.05, 0) is 37.6 Å². The Hall–Kier alpha value is -1.71. The highest BCUT2D eigenvalue weighted by Gasteiger charge is 2.28. The highest BCUT2D eigenvalue weighted by molar-refractivity contribution is 5.68. The summed E-state index contributed by atoms with van der Waals surface area (Å²) in [5.41, 5.74) is -0.671. The van der Waals surface area contributed by atoms with E-state index in [1.807, 2.05) is 13.8 Å². The van der Waals surface area contributed by atoms with E-state index in [0.29, 0.717) is 12.2 Å². The Morgan fingerprint density at radius 1 is 1.28 bits per heavy atom. The van der Waals surface area contributed by atoms with E-state index < -0.39 is 11.6 Å². The number of carboxylic acid groups (broad SMARTS) is 1. The van der Waals surface area contributed by atoms with Crippen LogP contribution in [0, 0.1) is 0 Å². The van der Waals surface area contributed by atoms with Crippen molar-refractivity contribution in [2.24, 2.45) is 0 Å². The summed E-state index contributed by atoms with van der Waals surface area (Å²) in [6.07, 6.45) is 1.57. The predicted octanol–water partition coefficient (Wildman–Crippen LogP) is 3.11. The van der Waals surface area contributed by atoms with Crippen LogP contribution >= 0.6 is 0 Å². The molecular formula is C14H20O4. The number of carbonyl (C=O) groups is 1. The quantitative estimate of drug-likeness (QED) is 0.810. The lowest BCUT2D eigenvalue weighted by molar-refractivity contribution is -0.141. The Morgan fingerprint density at radius 2 is 1.83 bits per heavy atom. The summed E-state index contributed by atoms with van der Waals surface area (Å²) in [6, 6.07) is 7.16. The van der Waals surface area contributed by atoms with E-state index in [0.717, 1.165) is 12.2 Å². The SMILES string of the molecule is CCCC(C)(CC(=O)O)Oc1ccc(OC)cc1. The molecule has 0 saturated heterocycles. The number of benzene rings is 1. The van der Waals surface area contributed by atoms with Crippen molar-refractivity contribution in [2.75, 3.05) is 7.11 Å². The molecule has 100 valence electrons. The molecule has 0 radical (unpaired) electrons. The summed E-state index contributed by atoms with van der Waals surface area (Å²) in [6.45, 7) is 3.84. The first kappa shape index (κ1) is 14.4. The van der Waals surface area contributed by atoms with Crippen molar-refractivity contribution in [2.45, 2.75) is 38.7 Å². The normalized spacial score (nSPS) is 13.7. The standard InChI is InChI=1S/C14H20O4/c1-4-9-14(2,10-13(15)16)18-12-7-5-11(17-3)6-8-12/h5-8H,4,9-10H2,1-3H3,(H,15,16). The molecule has 1 rings (SSSR count). The van der Waals surface area contributed by atoms with E-state index in [4.69, 9.17) is 14.6 Å². The number of ether oxygens (including phenoxy) is 2. The molecule has 0 aliphatic carbocycles. The van der Waals surface area contributed by atoms with Crippen molar-refractivity contribution < 1.29 is 19.4 Å². The molecule has 1 aromatic carbocycles. The van der Waals surface area contributed by atoms with Gasteiger partial charge in [-0.2, -0.15) is 0 Å². The summed E-state index contributed by atoms with van der Waals surface area (Å²) in [4.78, 5) is 10.9. The minimum Gasteiger partial charge on any atom is -0.497 e. The summed E-state index contributed by atoms with van der Waals surface area (Å²) < 4.78 is 10.9. The van der Waals surface area contributed by atoms with Gasteiger partial charge in [0.2, 0.25) is 0 Å². The molecule has 0 spiro atoms. The molecular weight excluding hydrogens is 232 g/mol. The molecule has 0 saturated carbocycles. The maximum Gasteiger partial charge on any atom is 0.307 e. The predicted molar refractivity (Wildman–Crippen MR) is 69.2 cm³/mol. The minimum absolute atomic E-state index is 0.00707. The fourth-order valence-electron chi connectivity index (χ4n) is 1.95. The van der Waals surface area contributed by atoms with Gasteiger partial charge >= 0.3 is 5.97 Å². The molecule has 0 aromatic heterocycles. The van der Waals surface area contributed by atoms with E-state index >= 15 is 0 Å². The molecule has 1 atom stereocenters. The number of rotatable bonds is 7. The van der Waals surface area contributed by atoms with E-state index in [1.165, 1.54) is 0 Å². The van der Waals surface area contributed by atoms with Crippen molar-refractivity contribution in [1.29, 1.82) is 0 Å². The smallest absolute Gasteiger partial charge is 0.307 e. The number of aliphatic carboxylic acids is 1. The summed E-state index contributed by atoms with van der Waals surface area (Å²) in [5.74, 6) is 0.560. The lowest BCUT2D eigenvalue weighted by atomic mass is 9.96. The lowest BCUT2D eigenvalue weighted by Gasteiger charge is -2.29. The van der Waals surface area contributed by atoms with Crippen LogP contribution in [0.4, 0.5) is 0 Å². The number of hydrogen-bond acceptors (Lipinski definition) is 3. The Morgan fingerprint density at radius 3 is 2.28 bits per heavy atom. The molecule has 0 amide bonds. The van der Waals surface area contributed by atoms with Crippen LogP contribution in [-0.2, 0) is 4.79 Å². The van der Waals surface area contributed by atoms with E-state index in [1.54, 1.807) is 31.4 Å². The van der Waals surface area contributed by atoms with Crippen LogP contribution in [0.2, 0.25) is 0 Å². The first-order valence-electron chi connectivity index (χ1n) is 6.04. The molecule has 0 bridgehead atoms. The van der Waals surface area contributed by atoms with Crippen LogP contribution in [0.3, 0.4) is 0 Å². The van der Waals surface area contributed by atoms with E-state index in [9.17, 15) is 4.79 Å². The van der Waals surface area contributed by atoms with Crippen molar-refractivity contribution in [3.63, 3.8) is 0 Å². The monoisotopic (exact) mass is 252 g/mol. The van der Waals surface area contributed by atoms with Gasteiger partial charge < -0.3 is 14.6 Å². The average Bonchev–Trinajstić information content (AvgIpc) is 2.28. The van der Waals surface area contributed by atoms with Gasteiger partial charge in [-0.3, -0.25) is 4.79 Å². The van der Waals surface area contributed by atoms with Crippen LogP contribution in [0.1, 0.15) is 33.1 Å². The van der Waals surface area contributed by atoms with Gasteiger partial charge in [-0.15, -0.1) is 0 Å². The van der Waals surface area contributed by atoms with Crippen LogP contribution in [0.15, 0.2) is 24.3 Å². The molecule has 0 fully saturated rings. The molecule has 18 heavy (non-hydrogen) atoms. The van der Waals surface area contributed by atoms with E-state index in [2.05, 4.69) is 0 Å². The average molecular weight is 252 g/mol. The maximum atomic E-state index is 10.9. The van der Waals surface area contributed by atoms with Crippen molar-refractivity contribution in [3.05, 3.63) is 24.3 Å². The van der Waals surface area contributed by atoms with Gasteiger partial charge in [0.1, 0.15) is 17.1 Å². The second-order valence-corrected chi connectivity index (χ2v) is 4.55. The Balaban J connectivity index is 2.78. The van der Waals surface area contributed by atoms with Crippen LogP contribution in [0.25, 0.3) is 0 Å². The third kappa shape index (κ3) is 4.28.